The number of hydrogen-bond donors (Lipinski definition) is 0. The van der Waals surface area contributed by atoms with Gasteiger partial charge < -0.3 is 19.1 Å². The highest BCUT2D eigenvalue weighted by Gasteiger charge is 2.47. The lowest BCUT2D eigenvalue weighted by Gasteiger charge is -2.46. The number of hydrogen-bond acceptors (Lipinski definition) is 7. The molecule has 1 amide bonds. The summed E-state index contributed by atoms with van der Waals surface area (Å²) in [5.74, 6) is -0.0339. The molecule has 2 aliphatic heterocycles. The summed E-state index contributed by atoms with van der Waals surface area (Å²) in [4.78, 5) is 26.5. The number of ether oxygens (including phenoxy) is 3. The van der Waals surface area contributed by atoms with E-state index in [1.165, 1.54) is 23.7 Å². The van der Waals surface area contributed by atoms with Crippen LogP contribution in [0.3, 0.4) is 0 Å². The van der Waals surface area contributed by atoms with Gasteiger partial charge in [-0.1, -0.05) is 12.1 Å². The van der Waals surface area contributed by atoms with E-state index in [1.807, 2.05) is 12.3 Å². The highest BCUT2D eigenvalue weighted by Crippen LogP contribution is 2.42. The normalized spacial score (nSPS) is 24.6. The van der Waals surface area contributed by atoms with Gasteiger partial charge in [-0.05, 0) is 25.8 Å². The van der Waals surface area contributed by atoms with Crippen LogP contribution in [0.2, 0.25) is 0 Å². The Balaban J connectivity index is 1.25. The van der Waals surface area contributed by atoms with Crippen molar-refractivity contribution in [3.63, 3.8) is 0 Å². The van der Waals surface area contributed by atoms with Gasteiger partial charge in [0.1, 0.15) is 28.5 Å². The second kappa shape index (κ2) is 8.43. The maximum atomic E-state index is 14.7. The lowest BCUT2D eigenvalue weighted by Crippen LogP contribution is -2.59. The molecule has 2 aromatic heterocycles. The van der Waals surface area contributed by atoms with Crippen LogP contribution < -0.4 is 4.74 Å². The minimum atomic E-state index is -0.467. The number of carbonyl (C=O) groups is 1. The maximum Gasteiger partial charge on any atom is 0.410 e. The molecule has 2 bridgehead atoms. The van der Waals surface area contributed by atoms with Gasteiger partial charge in [0.2, 0.25) is 5.88 Å². The molecule has 10 heteroatoms. The van der Waals surface area contributed by atoms with Crippen molar-refractivity contribution in [1.29, 1.82) is 0 Å². The van der Waals surface area contributed by atoms with Crippen LogP contribution in [0.15, 0.2) is 29.9 Å². The quantitative estimate of drug-likeness (QED) is 0.472. The Morgan fingerprint density at radius 3 is 2.71 bits per heavy atom. The molecule has 6 rings (SSSR count). The van der Waals surface area contributed by atoms with Gasteiger partial charge in [-0.25, -0.2) is 24.0 Å². The molecule has 1 saturated carbocycles. The number of nitrogens with zero attached hydrogens (tertiary/aromatic N) is 4. The van der Waals surface area contributed by atoms with Crippen molar-refractivity contribution in [1.82, 2.24) is 14.9 Å². The number of likely N-dealkylation sites (tertiary alicyclic amines) is 1. The van der Waals surface area contributed by atoms with Crippen LogP contribution in [0.5, 0.6) is 5.88 Å². The van der Waals surface area contributed by atoms with Crippen LogP contribution in [-0.2, 0) is 9.47 Å². The Morgan fingerprint density at radius 1 is 1.26 bits per heavy atom. The molecule has 2 saturated heterocycles. The molecule has 2 unspecified atom stereocenters. The van der Waals surface area contributed by atoms with E-state index in [0.717, 1.165) is 17.5 Å². The summed E-state index contributed by atoms with van der Waals surface area (Å²) in [6, 6.07) is 4.43. The molecule has 8 nitrogen and oxygen atoms in total. The van der Waals surface area contributed by atoms with Crippen molar-refractivity contribution in [3.8, 4) is 17.0 Å². The van der Waals surface area contributed by atoms with Gasteiger partial charge >= 0.3 is 6.09 Å². The van der Waals surface area contributed by atoms with Crippen LogP contribution in [0.4, 0.5) is 14.9 Å². The van der Waals surface area contributed by atoms with Crippen molar-refractivity contribution >= 4 is 33.3 Å². The van der Waals surface area contributed by atoms with Gasteiger partial charge in [-0.3, -0.25) is 0 Å². The second-order valence-electron chi connectivity index (χ2n) is 9.64. The number of piperidine rings is 1. The number of amides is 1. The van der Waals surface area contributed by atoms with Crippen LogP contribution >= 0.6 is 11.3 Å². The van der Waals surface area contributed by atoms with Gasteiger partial charge in [0.25, 0.3) is 0 Å². The van der Waals surface area contributed by atoms with Crippen molar-refractivity contribution < 1.29 is 23.4 Å². The van der Waals surface area contributed by atoms with E-state index in [9.17, 15) is 9.18 Å². The topological polar surface area (TPSA) is 78.1 Å². The number of benzene rings is 1. The standard InChI is InChI=1S/C25H23FN4O4S/c1-25(5-6-25)34-24(31)30-8-14-10-32-11-15(9-30)21(14)33-23-22-20(28-13-29-23)18(12-35-22)17-4-3-16(27-2)7-19(17)26/h3-4,7,12-15,21H,5-6,8-11H2,1H3. The molecule has 3 fully saturated rings. The molecule has 4 heterocycles. The van der Waals surface area contributed by atoms with Crippen molar-refractivity contribution in [2.45, 2.75) is 31.5 Å². The number of halogens is 1. The monoisotopic (exact) mass is 494 g/mol. The zero-order valence-corrected chi connectivity index (χ0v) is 19.9. The smallest absolute Gasteiger partial charge is 0.410 e. The fourth-order valence-corrected chi connectivity index (χ4v) is 5.77. The zero-order valence-electron chi connectivity index (χ0n) is 19.1. The van der Waals surface area contributed by atoms with E-state index in [-0.39, 0.29) is 35.3 Å². The number of carbonyl (C=O) groups excluding carboxylic acids is 1. The third-order valence-corrected chi connectivity index (χ3v) is 7.95. The highest BCUT2D eigenvalue weighted by atomic mass is 32.1. The van der Waals surface area contributed by atoms with E-state index in [1.54, 1.807) is 17.0 Å². The molecule has 3 aromatic rings. The predicted molar refractivity (Wildman–Crippen MR) is 127 cm³/mol. The Morgan fingerprint density at radius 2 is 2.03 bits per heavy atom. The first kappa shape index (κ1) is 22.2. The van der Waals surface area contributed by atoms with Crippen molar-refractivity contribution in [2.75, 3.05) is 26.3 Å². The summed E-state index contributed by atoms with van der Waals surface area (Å²) in [5.41, 5.74) is 1.57. The lowest BCUT2D eigenvalue weighted by atomic mass is 9.84. The third kappa shape index (κ3) is 4.09. The Hall–Kier alpha value is -3.29. The maximum absolute atomic E-state index is 14.7. The molecule has 180 valence electrons. The van der Waals surface area contributed by atoms with E-state index < -0.39 is 5.82 Å². The molecular weight excluding hydrogens is 471 g/mol. The summed E-state index contributed by atoms with van der Waals surface area (Å²) in [7, 11) is 0. The molecular formula is C25H23FN4O4S. The minimum absolute atomic E-state index is 0.00915. The average molecular weight is 495 g/mol. The molecule has 1 aromatic carbocycles. The third-order valence-electron chi connectivity index (χ3n) is 6.99. The van der Waals surface area contributed by atoms with E-state index in [0.29, 0.717) is 48.8 Å². The van der Waals surface area contributed by atoms with Crippen molar-refractivity contribution in [2.24, 2.45) is 11.8 Å². The van der Waals surface area contributed by atoms with Gasteiger partial charge in [0.15, 0.2) is 5.69 Å². The average Bonchev–Trinajstić information content (AvgIpc) is 3.40. The molecule has 0 radical (unpaired) electrons. The van der Waals surface area contributed by atoms with Gasteiger partial charge in [0.05, 0.1) is 25.3 Å². The number of aromatic nitrogens is 2. The lowest BCUT2D eigenvalue weighted by molar-refractivity contribution is -0.111. The van der Waals surface area contributed by atoms with Crippen molar-refractivity contribution in [3.05, 3.63) is 47.1 Å². The molecule has 0 N–H and O–H groups in total. The van der Waals surface area contributed by atoms with Gasteiger partial charge in [-0.2, -0.15) is 0 Å². The summed E-state index contributed by atoms with van der Waals surface area (Å²) in [6.45, 7) is 11.0. The molecule has 35 heavy (non-hydrogen) atoms. The fraction of sp³-hybridized carbons (Fsp3) is 0.440. The summed E-state index contributed by atoms with van der Waals surface area (Å²) >= 11 is 1.40. The largest absolute Gasteiger partial charge is 0.472 e. The summed E-state index contributed by atoms with van der Waals surface area (Å²) < 4.78 is 33.3. The van der Waals surface area contributed by atoms with Gasteiger partial charge in [0, 0.05) is 41.4 Å². The van der Waals surface area contributed by atoms with Crippen LogP contribution in [0.25, 0.3) is 26.2 Å². The predicted octanol–water partition coefficient (Wildman–Crippen LogP) is 5.06. The number of fused-ring (bicyclic) bond motifs is 3. The minimum Gasteiger partial charge on any atom is -0.472 e. The Labute approximate surface area is 205 Å². The van der Waals surface area contributed by atoms with E-state index in [4.69, 9.17) is 20.8 Å². The van der Waals surface area contributed by atoms with E-state index in [2.05, 4.69) is 14.8 Å². The van der Waals surface area contributed by atoms with Crippen LogP contribution in [0, 0.1) is 24.2 Å². The number of thiophene rings is 1. The summed E-state index contributed by atoms with van der Waals surface area (Å²) in [5, 5.41) is 1.84. The van der Waals surface area contributed by atoms with Crippen LogP contribution in [0.1, 0.15) is 19.8 Å². The Bertz CT molecular complexity index is 1340. The highest BCUT2D eigenvalue weighted by molar-refractivity contribution is 7.18. The first-order chi connectivity index (χ1) is 16.9. The molecule has 1 aliphatic carbocycles. The number of rotatable bonds is 4. The molecule has 0 spiro atoms. The first-order valence-electron chi connectivity index (χ1n) is 11.6. The second-order valence-corrected chi connectivity index (χ2v) is 10.5. The van der Waals surface area contributed by atoms with E-state index >= 15 is 0 Å². The first-order valence-corrected chi connectivity index (χ1v) is 12.4. The molecule has 2 atom stereocenters. The van der Waals surface area contributed by atoms with Gasteiger partial charge in [-0.15, -0.1) is 11.3 Å². The zero-order chi connectivity index (χ0) is 24.2. The Kier molecular flexibility index (Phi) is 5.34. The summed E-state index contributed by atoms with van der Waals surface area (Å²) in [6.07, 6.45) is 2.82. The SMILES string of the molecule is [C-]#[N+]c1ccc(-c2csc3c(OC4C5COCC4CN(C(=O)OC4(C)CC4)C5)ncnc23)c(F)c1. The van der Waals surface area contributed by atoms with Crippen LogP contribution in [-0.4, -0.2) is 59.0 Å². The molecule has 3 aliphatic rings. The fourth-order valence-electron chi connectivity index (χ4n) is 4.82.